The van der Waals surface area contributed by atoms with Gasteiger partial charge in [-0.05, 0) is 98.2 Å². The molecule has 1 aliphatic rings. The maximum atomic E-state index is 13.1. The number of rotatable bonds is 8. The highest BCUT2D eigenvalue weighted by Crippen LogP contribution is 2.44. The highest BCUT2D eigenvalue weighted by molar-refractivity contribution is 5.86. The Morgan fingerprint density at radius 1 is 0.950 bits per heavy atom. The average molecular weight is 539 g/mol. The highest BCUT2D eigenvalue weighted by Gasteiger charge is 2.36. The van der Waals surface area contributed by atoms with Crippen molar-refractivity contribution in [3.8, 4) is 17.2 Å². The zero-order valence-corrected chi connectivity index (χ0v) is 24.3. The zero-order valence-electron chi connectivity index (χ0n) is 24.3. The third kappa shape index (κ3) is 5.51. The third-order valence-corrected chi connectivity index (χ3v) is 8.23. The Morgan fingerprint density at radius 3 is 2.42 bits per heavy atom. The van der Waals surface area contributed by atoms with Crippen LogP contribution >= 0.6 is 0 Å². The van der Waals surface area contributed by atoms with Crippen LogP contribution in [0.15, 0.2) is 66.7 Å². The molecule has 4 aromatic rings. The van der Waals surface area contributed by atoms with Crippen LogP contribution in [0.5, 0.6) is 17.2 Å². The van der Waals surface area contributed by atoms with Crippen molar-refractivity contribution in [2.75, 3.05) is 13.7 Å². The Hall–Kier alpha value is -3.99. The molecule has 0 fully saturated rings. The number of ether oxygens (including phenoxy) is 4. The van der Waals surface area contributed by atoms with E-state index in [0.29, 0.717) is 6.61 Å². The number of hydrogen-bond donors (Lipinski definition) is 0. The van der Waals surface area contributed by atoms with Gasteiger partial charge in [-0.15, -0.1) is 0 Å². The maximum Gasteiger partial charge on any atom is 0.313 e. The number of carbonyl (C=O) groups is 1. The van der Waals surface area contributed by atoms with Gasteiger partial charge in [0.25, 0.3) is 0 Å². The molecule has 0 N–H and O–H groups in total. The Balaban J connectivity index is 1.27. The molecule has 4 aromatic carbocycles. The Bertz CT molecular complexity index is 1540. The van der Waals surface area contributed by atoms with Crippen LogP contribution in [0.4, 0.5) is 0 Å². The SMILES string of the molecule is COc1ccc2cc([C@H](C)C(=O)OCC3(C)CCc4c(C)c(OCc5ccccc5)c(C)c(C)c4O3)ccc2c1. The number of benzene rings is 4. The van der Waals surface area contributed by atoms with Crippen molar-refractivity contribution in [3.05, 3.63) is 100 Å². The second kappa shape index (κ2) is 11.2. The lowest BCUT2D eigenvalue weighted by atomic mass is 9.87. The maximum absolute atomic E-state index is 13.1. The van der Waals surface area contributed by atoms with E-state index in [4.69, 9.17) is 18.9 Å². The molecule has 5 heteroatoms. The van der Waals surface area contributed by atoms with Gasteiger partial charge in [0.05, 0.1) is 13.0 Å². The Labute approximate surface area is 237 Å². The van der Waals surface area contributed by atoms with Crippen LogP contribution in [0.2, 0.25) is 0 Å². The molecule has 208 valence electrons. The summed E-state index contributed by atoms with van der Waals surface area (Å²) in [7, 11) is 1.66. The first-order valence-electron chi connectivity index (χ1n) is 13.9. The van der Waals surface area contributed by atoms with Crippen LogP contribution in [0, 0.1) is 20.8 Å². The third-order valence-electron chi connectivity index (χ3n) is 8.23. The minimum atomic E-state index is -0.599. The van der Waals surface area contributed by atoms with E-state index < -0.39 is 5.60 Å². The molecule has 0 amide bonds. The number of methoxy groups -OCH3 is 1. The van der Waals surface area contributed by atoms with Crippen molar-refractivity contribution in [3.63, 3.8) is 0 Å². The molecule has 0 saturated carbocycles. The molecule has 40 heavy (non-hydrogen) atoms. The number of fused-ring (bicyclic) bond motifs is 2. The lowest BCUT2D eigenvalue weighted by Gasteiger charge is -2.37. The van der Waals surface area contributed by atoms with Crippen molar-refractivity contribution in [1.82, 2.24) is 0 Å². The van der Waals surface area contributed by atoms with Crippen LogP contribution in [0.1, 0.15) is 59.6 Å². The first-order valence-corrected chi connectivity index (χ1v) is 13.9. The minimum Gasteiger partial charge on any atom is -0.497 e. The van der Waals surface area contributed by atoms with E-state index in [-0.39, 0.29) is 18.5 Å². The molecule has 1 heterocycles. The lowest BCUT2D eigenvalue weighted by molar-refractivity contribution is -0.151. The van der Waals surface area contributed by atoms with Crippen LogP contribution in [0.25, 0.3) is 10.8 Å². The second-order valence-electron chi connectivity index (χ2n) is 11.1. The minimum absolute atomic E-state index is 0.199. The van der Waals surface area contributed by atoms with E-state index in [1.165, 1.54) is 5.56 Å². The number of hydrogen-bond acceptors (Lipinski definition) is 5. The monoisotopic (exact) mass is 538 g/mol. The molecule has 0 saturated heterocycles. The first kappa shape index (κ1) is 27.6. The normalized spacial score (nSPS) is 17.1. The smallest absolute Gasteiger partial charge is 0.313 e. The van der Waals surface area contributed by atoms with Gasteiger partial charge in [0.1, 0.15) is 36.1 Å². The molecule has 2 atom stereocenters. The Morgan fingerprint density at radius 2 is 1.68 bits per heavy atom. The second-order valence-corrected chi connectivity index (χ2v) is 11.1. The molecule has 0 bridgehead atoms. The predicted molar refractivity (Wildman–Crippen MR) is 159 cm³/mol. The summed E-state index contributed by atoms with van der Waals surface area (Å²) in [4.78, 5) is 13.1. The summed E-state index contributed by atoms with van der Waals surface area (Å²) in [6.45, 7) is 10.9. The standard InChI is InChI=1S/C35H38O5/c1-22-23(2)33-31(25(4)32(22)38-20-26-10-8-7-9-11-26)16-17-35(5,40-33)21-39-34(36)24(3)27-12-13-29-19-30(37-6)15-14-28(29)18-27/h7-15,18-19,24H,16-17,20-21H2,1-6H3/t24-,35?/m0/s1. The molecular weight excluding hydrogens is 500 g/mol. The van der Waals surface area contributed by atoms with Crippen molar-refractivity contribution < 1.29 is 23.7 Å². The van der Waals surface area contributed by atoms with Crippen LogP contribution in [0.3, 0.4) is 0 Å². The fourth-order valence-electron chi connectivity index (χ4n) is 5.45. The largest absolute Gasteiger partial charge is 0.497 e. The van der Waals surface area contributed by atoms with E-state index in [9.17, 15) is 4.79 Å². The van der Waals surface area contributed by atoms with Gasteiger partial charge in [-0.2, -0.15) is 0 Å². The average Bonchev–Trinajstić information content (AvgIpc) is 2.98. The van der Waals surface area contributed by atoms with Gasteiger partial charge in [0, 0.05) is 5.56 Å². The van der Waals surface area contributed by atoms with E-state index in [1.807, 2.05) is 68.4 Å². The summed E-state index contributed by atoms with van der Waals surface area (Å²) in [6, 6.07) is 22.2. The quantitative estimate of drug-likeness (QED) is 0.214. The topological polar surface area (TPSA) is 54.0 Å². The fourth-order valence-corrected chi connectivity index (χ4v) is 5.45. The molecule has 0 radical (unpaired) electrons. The van der Waals surface area contributed by atoms with Crippen molar-refractivity contribution in [2.24, 2.45) is 0 Å². The van der Waals surface area contributed by atoms with Gasteiger partial charge in [-0.25, -0.2) is 0 Å². The summed E-state index contributed by atoms with van der Waals surface area (Å²) in [5.74, 6) is 2.00. The molecule has 0 spiro atoms. The van der Waals surface area contributed by atoms with Gasteiger partial charge in [0.2, 0.25) is 0 Å². The fraction of sp³-hybridized carbons (Fsp3) is 0.343. The zero-order chi connectivity index (χ0) is 28.4. The van der Waals surface area contributed by atoms with Gasteiger partial charge in [0.15, 0.2) is 0 Å². The number of esters is 1. The van der Waals surface area contributed by atoms with Gasteiger partial charge < -0.3 is 18.9 Å². The lowest BCUT2D eigenvalue weighted by Crippen LogP contribution is -2.42. The highest BCUT2D eigenvalue weighted by atomic mass is 16.6. The van der Waals surface area contributed by atoms with E-state index in [1.54, 1.807) is 7.11 Å². The van der Waals surface area contributed by atoms with Crippen molar-refractivity contribution in [2.45, 2.75) is 65.6 Å². The van der Waals surface area contributed by atoms with E-state index >= 15 is 0 Å². The molecule has 0 aromatic heterocycles. The Kier molecular flexibility index (Phi) is 7.75. The summed E-state index contributed by atoms with van der Waals surface area (Å²) >= 11 is 0. The molecule has 5 rings (SSSR count). The van der Waals surface area contributed by atoms with Crippen LogP contribution < -0.4 is 14.2 Å². The summed E-state index contributed by atoms with van der Waals surface area (Å²) in [6.07, 6.45) is 1.59. The molecule has 1 unspecified atom stereocenters. The van der Waals surface area contributed by atoms with Gasteiger partial charge in [-0.3, -0.25) is 4.79 Å². The number of carbonyl (C=O) groups excluding carboxylic acids is 1. The van der Waals surface area contributed by atoms with Gasteiger partial charge in [-0.1, -0.05) is 54.6 Å². The van der Waals surface area contributed by atoms with Crippen molar-refractivity contribution >= 4 is 16.7 Å². The molecule has 0 aliphatic carbocycles. The summed E-state index contributed by atoms with van der Waals surface area (Å²) < 4.78 is 24.1. The van der Waals surface area contributed by atoms with Crippen molar-refractivity contribution in [1.29, 1.82) is 0 Å². The van der Waals surface area contributed by atoms with E-state index in [2.05, 4.69) is 32.9 Å². The predicted octanol–water partition coefficient (Wildman–Crippen LogP) is 7.78. The van der Waals surface area contributed by atoms with Crippen LogP contribution in [-0.2, 0) is 22.6 Å². The summed E-state index contributed by atoms with van der Waals surface area (Å²) in [5, 5.41) is 2.13. The summed E-state index contributed by atoms with van der Waals surface area (Å²) in [5.41, 5.74) is 5.91. The first-order chi connectivity index (χ1) is 19.2. The van der Waals surface area contributed by atoms with Crippen LogP contribution in [-0.4, -0.2) is 25.3 Å². The van der Waals surface area contributed by atoms with Gasteiger partial charge >= 0.3 is 5.97 Å². The molecular formula is C35H38O5. The van der Waals surface area contributed by atoms with E-state index in [0.717, 1.165) is 68.7 Å². The molecule has 1 aliphatic heterocycles. The molecule has 5 nitrogen and oxygen atoms in total.